The lowest BCUT2D eigenvalue weighted by Crippen LogP contribution is -2.51. The SMILES string of the molecule is C[C@@H](NC(=O)[C@H](CC(=O)O)NC(=O)OCc1ccccc1)C(=O)c1ccccc1C=O. The summed E-state index contributed by atoms with van der Waals surface area (Å²) in [6.07, 6.45) is -1.16. The van der Waals surface area contributed by atoms with Gasteiger partial charge in [0.05, 0.1) is 12.5 Å². The first-order chi connectivity index (χ1) is 14.8. The topological polar surface area (TPSA) is 139 Å². The third-order valence-electron chi connectivity index (χ3n) is 4.31. The quantitative estimate of drug-likeness (QED) is 0.390. The molecule has 0 saturated heterocycles. The van der Waals surface area contributed by atoms with Crippen LogP contribution in [0.4, 0.5) is 4.79 Å². The summed E-state index contributed by atoms with van der Waals surface area (Å²) in [5.74, 6) is -2.73. The summed E-state index contributed by atoms with van der Waals surface area (Å²) in [7, 11) is 0. The normalized spacial score (nSPS) is 12.2. The number of carbonyl (C=O) groups is 5. The predicted octanol–water partition coefficient (Wildman–Crippen LogP) is 1.96. The molecule has 0 bridgehead atoms. The van der Waals surface area contributed by atoms with Crippen LogP contribution in [0.1, 0.15) is 39.6 Å². The summed E-state index contributed by atoms with van der Waals surface area (Å²) in [5.41, 5.74) is 0.999. The Bertz CT molecular complexity index is 959. The highest BCUT2D eigenvalue weighted by Crippen LogP contribution is 2.10. The van der Waals surface area contributed by atoms with E-state index in [9.17, 15) is 24.0 Å². The Morgan fingerprint density at radius 2 is 1.65 bits per heavy atom. The van der Waals surface area contributed by atoms with Crippen molar-refractivity contribution in [3.05, 3.63) is 71.3 Å². The molecule has 0 aliphatic rings. The number of ketones is 1. The Morgan fingerprint density at radius 3 is 2.29 bits per heavy atom. The van der Waals surface area contributed by atoms with Crippen molar-refractivity contribution >= 4 is 30.0 Å². The highest BCUT2D eigenvalue weighted by atomic mass is 16.5. The van der Waals surface area contributed by atoms with Crippen LogP contribution in [0.3, 0.4) is 0 Å². The lowest BCUT2D eigenvalue weighted by atomic mass is 10.00. The number of aliphatic carboxylic acids is 1. The van der Waals surface area contributed by atoms with Crippen molar-refractivity contribution in [2.24, 2.45) is 0 Å². The van der Waals surface area contributed by atoms with Crippen molar-refractivity contribution in [1.82, 2.24) is 10.6 Å². The lowest BCUT2D eigenvalue weighted by Gasteiger charge is -2.20. The van der Waals surface area contributed by atoms with Crippen molar-refractivity contribution in [2.75, 3.05) is 0 Å². The number of aldehydes is 1. The van der Waals surface area contributed by atoms with Crippen LogP contribution in [0.15, 0.2) is 54.6 Å². The van der Waals surface area contributed by atoms with E-state index < -0.39 is 42.3 Å². The van der Waals surface area contributed by atoms with Crippen LogP contribution >= 0.6 is 0 Å². The third-order valence-corrected chi connectivity index (χ3v) is 4.31. The first-order valence-electron chi connectivity index (χ1n) is 9.39. The van der Waals surface area contributed by atoms with E-state index in [-0.39, 0.29) is 17.7 Å². The molecular weight excluding hydrogens is 404 g/mol. The summed E-state index contributed by atoms with van der Waals surface area (Å²) in [5, 5.41) is 13.6. The number of nitrogens with one attached hydrogen (secondary N) is 2. The maximum absolute atomic E-state index is 12.6. The Balaban J connectivity index is 2.01. The Morgan fingerprint density at radius 1 is 1.00 bits per heavy atom. The molecule has 3 N–H and O–H groups in total. The molecule has 31 heavy (non-hydrogen) atoms. The highest BCUT2D eigenvalue weighted by Gasteiger charge is 2.28. The molecule has 0 heterocycles. The molecule has 0 aliphatic carbocycles. The van der Waals surface area contributed by atoms with Gasteiger partial charge in [-0.25, -0.2) is 4.79 Å². The second kappa shape index (κ2) is 11.2. The van der Waals surface area contributed by atoms with Gasteiger partial charge < -0.3 is 20.5 Å². The maximum atomic E-state index is 12.6. The standard InChI is InChI=1S/C22H22N2O7/c1-14(20(28)17-10-6-5-9-16(17)12-25)23-21(29)18(11-19(26)27)24-22(30)31-13-15-7-3-2-4-8-15/h2-10,12,14,18H,11,13H2,1H3,(H,23,29)(H,24,30)(H,26,27)/t14-,18+/m1/s1. The largest absolute Gasteiger partial charge is 0.481 e. The molecule has 9 heteroatoms. The number of carboxylic acids is 1. The molecule has 0 aliphatic heterocycles. The summed E-state index contributed by atoms with van der Waals surface area (Å²) < 4.78 is 5.01. The van der Waals surface area contributed by atoms with Crippen LogP contribution in [0.5, 0.6) is 0 Å². The third kappa shape index (κ3) is 7.07. The number of Topliss-reactive ketones (excluding diaryl/α,β-unsaturated/α-hetero) is 1. The Kier molecular flexibility index (Phi) is 8.44. The molecule has 0 unspecified atom stereocenters. The van der Waals surface area contributed by atoms with E-state index in [0.717, 1.165) is 0 Å². The van der Waals surface area contributed by atoms with Crippen LogP contribution in [0.2, 0.25) is 0 Å². The van der Waals surface area contributed by atoms with E-state index in [1.54, 1.807) is 42.5 Å². The molecular formula is C22H22N2O7. The fourth-order valence-electron chi connectivity index (χ4n) is 2.73. The van der Waals surface area contributed by atoms with Gasteiger partial charge in [-0.1, -0.05) is 54.6 Å². The van der Waals surface area contributed by atoms with Gasteiger partial charge in [0.1, 0.15) is 12.6 Å². The highest BCUT2D eigenvalue weighted by molar-refractivity contribution is 6.07. The van der Waals surface area contributed by atoms with Crippen LogP contribution in [0, 0.1) is 0 Å². The first-order valence-corrected chi connectivity index (χ1v) is 9.39. The zero-order valence-electron chi connectivity index (χ0n) is 16.7. The smallest absolute Gasteiger partial charge is 0.408 e. The van der Waals surface area contributed by atoms with Gasteiger partial charge >= 0.3 is 12.1 Å². The molecule has 2 amide bonds. The maximum Gasteiger partial charge on any atom is 0.408 e. The van der Waals surface area contributed by atoms with Crippen molar-refractivity contribution in [2.45, 2.75) is 32.0 Å². The van der Waals surface area contributed by atoms with Crippen LogP contribution in [0.25, 0.3) is 0 Å². The van der Waals surface area contributed by atoms with Gasteiger partial charge in [-0.15, -0.1) is 0 Å². The molecule has 0 fully saturated rings. The van der Waals surface area contributed by atoms with E-state index in [2.05, 4.69) is 10.6 Å². The summed E-state index contributed by atoms with van der Waals surface area (Å²) >= 11 is 0. The molecule has 162 valence electrons. The van der Waals surface area contributed by atoms with Gasteiger partial charge in [0, 0.05) is 11.1 Å². The second-order valence-corrected chi connectivity index (χ2v) is 6.66. The lowest BCUT2D eigenvalue weighted by molar-refractivity contribution is -0.139. The molecule has 9 nitrogen and oxygen atoms in total. The molecule has 0 aromatic heterocycles. The number of carboxylic acid groups (broad SMARTS) is 1. The monoisotopic (exact) mass is 426 g/mol. The van der Waals surface area contributed by atoms with Crippen molar-refractivity contribution < 1.29 is 33.8 Å². The van der Waals surface area contributed by atoms with E-state index in [0.29, 0.717) is 11.8 Å². The van der Waals surface area contributed by atoms with Gasteiger partial charge in [0.25, 0.3) is 0 Å². The van der Waals surface area contributed by atoms with Gasteiger partial charge in [-0.05, 0) is 12.5 Å². The second-order valence-electron chi connectivity index (χ2n) is 6.66. The first kappa shape index (κ1) is 23.3. The number of amides is 2. The minimum Gasteiger partial charge on any atom is -0.481 e. The van der Waals surface area contributed by atoms with Gasteiger partial charge in [0.2, 0.25) is 5.91 Å². The van der Waals surface area contributed by atoms with Crippen molar-refractivity contribution in [3.63, 3.8) is 0 Å². The van der Waals surface area contributed by atoms with Crippen LogP contribution in [-0.4, -0.2) is 47.2 Å². The zero-order valence-corrected chi connectivity index (χ0v) is 16.7. The molecule has 0 radical (unpaired) electrons. The van der Waals surface area contributed by atoms with Gasteiger partial charge in [-0.2, -0.15) is 0 Å². The van der Waals surface area contributed by atoms with Gasteiger partial charge in [-0.3, -0.25) is 19.2 Å². The summed E-state index contributed by atoms with van der Waals surface area (Å²) in [4.78, 5) is 59.4. The molecule has 2 rings (SSSR count). The average Bonchev–Trinajstić information content (AvgIpc) is 2.77. The number of carbonyl (C=O) groups excluding carboxylic acids is 4. The Labute approximate surface area is 178 Å². The molecule has 2 atom stereocenters. The fourth-order valence-corrected chi connectivity index (χ4v) is 2.73. The zero-order chi connectivity index (χ0) is 22.8. The van der Waals surface area contributed by atoms with E-state index in [4.69, 9.17) is 9.84 Å². The van der Waals surface area contributed by atoms with Crippen molar-refractivity contribution in [1.29, 1.82) is 0 Å². The van der Waals surface area contributed by atoms with Crippen molar-refractivity contribution in [3.8, 4) is 0 Å². The predicted molar refractivity (Wildman–Crippen MR) is 110 cm³/mol. The molecule has 0 spiro atoms. The average molecular weight is 426 g/mol. The van der Waals surface area contributed by atoms with Crippen LogP contribution < -0.4 is 10.6 Å². The minimum absolute atomic E-state index is 0.0640. The number of alkyl carbamates (subject to hydrolysis) is 1. The minimum atomic E-state index is -1.46. The number of benzene rings is 2. The summed E-state index contributed by atoms with van der Waals surface area (Å²) in [6.45, 7) is 1.33. The number of ether oxygens (including phenoxy) is 1. The number of rotatable bonds is 10. The molecule has 2 aromatic rings. The van der Waals surface area contributed by atoms with Gasteiger partial charge in [0.15, 0.2) is 12.1 Å². The number of hydrogen-bond donors (Lipinski definition) is 3. The molecule has 2 aromatic carbocycles. The van der Waals surface area contributed by atoms with E-state index in [1.165, 1.54) is 19.1 Å². The number of hydrogen-bond acceptors (Lipinski definition) is 6. The van der Waals surface area contributed by atoms with E-state index >= 15 is 0 Å². The summed E-state index contributed by atoms with van der Waals surface area (Å²) in [6, 6.07) is 12.4. The van der Waals surface area contributed by atoms with Crippen LogP contribution in [-0.2, 0) is 20.9 Å². The molecule has 0 saturated carbocycles. The Hall–Kier alpha value is -4.01. The fraction of sp³-hybridized carbons (Fsp3) is 0.227. The van der Waals surface area contributed by atoms with E-state index in [1.807, 2.05) is 0 Å².